The number of pyridine rings is 1. The maximum atomic E-state index is 10.6. The monoisotopic (exact) mass is 565 g/mol. The number of hydrogen-bond acceptors (Lipinski definition) is 7. The Kier molecular flexibility index (Phi) is 9.61. The lowest BCUT2D eigenvalue weighted by Crippen LogP contribution is -2.28. The number of carboxylic acid groups (broad SMARTS) is 2. The molecule has 2 N–H and O–H groups in total. The van der Waals surface area contributed by atoms with Gasteiger partial charge < -0.3 is 19.7 Å². The van der Waals surface area contributed by atoms with Crippen LogP contribution in [0.15, 0.2) is 42.6 Å². The van der Waals surface area contributed by atoms with Gasteiger partial charge in [0.1, 0.15) is 0 Å². The summed E-state index contributed by atoms with van der Waals surface area (Å²) < 4.78 is 74.4. The second-order valence-corrected chi connectivity index (χ2v) is 9.02. The van der Waals surface area contributed by atoms with Gasteiger partial charge in [-0.25, -0.2) is 9.59 Å². The first-order valence-corrected chi connectivity index (χ1v) is 11.6. The lowest BCUT2D eigenvalue weighted by Gasteiger charge is -2.21. The Hall–Kier alpha value is -3.59. The topological polar surface area (TPSA) is 112 Å². The zero-order valence-electron chi connectivity index (χ0n) is 20.3. The summed E-state index contributed by atoms with van der Waals surface area (Å²) in [6, 6.07) is 12.5. The number of aliphatic carboxylic acids is 2. The van der Waals surface area contributed by atoms with Crippen LogP contribution in [-0.2, 0) is 22.7 Å². The van der Waals surface area contributed by atoms with E-state index >= 15 is 0 Å². The van der Waals surface area contributed by atoms with Gasteiger partial charge in [0.25, 0.3) is 0 Å². The maximum absolute atomic E-state index is 10.6. The van der Waals surface area contributed by atoms with Gasteiger partial charge in [0.05, 0.1) is 5.69 Å². The lowest BCUT2D eigenvalue weighted by atomic mass is 10.0. The number of benzene rings is 1. The molecule has 2 aromatic rings. The van der Waals surface area contributed by atoms with Gasteiger partial charge in [-0.3, -0.25) is 14.8 Å². The van der Waals surface area contributed by atoms with Crippen molar-refractivity contribution >= 4 is 11.9 Å². The smallest absolute Gasteiger partial charge is 0.475 e. The number of alkyl halides is 6. The Morgan fingerprint density at radius 3 is 1.82 bits per heavy atom. The average Bonchev–Trinajstić information content (AvgIpc) is 3.54. The van der Waals surface area contributed by atoms with Crippen LogP contribution in [0.1, 0.15) is 11.3 Å². The van der Waals surface area contributed by atoms with Crippen molar-refractivity contribution in [3.63, 3.8) is 0 Å². The minimum Gasteiger partial charge on any atom is -0.475 e. The van der Waals surface area contributed by atoms with Crippen LogP contribution in [0.5, 0.6) is 11.5 Å². The molecule has 0 unspecified atom stereocenters. The van der Waals surface area contributed by atoms with Crippen LogP contribution in [0, 0.1) is 11.8 Å². The molecule has 0 aliphatic carbocycles. The number of fused-ring (bicyclic) bond motifs is 2. The summed E-state index contributed by atoms with van der Waals surface area (Å²) in [6.07, 6.45) is -8.28. The lowest BCUT2D eigenvalue weighted by molar-refractivity contribution is -0.193. The van der Waals surface area contributed by atoms with Crippen molar-refractivity contribution in [2.45, 2.75) is 25.4 Å². The van der Waals surface area contributed by atoms with Gasteiger partial charge in [0.2, 0.25) is 6.79 Å². The molecule has 1 aromatic heterocycles. The van der Waals surface area contributed by atoms with Gasteiger partial charge in [0, 0.05) is 45.5 Å². The van der Waals surface area contributed by atoms with Crippen LogP contribution in [-0.4, -0.2) is 82.3 Å². The molecule has 0 radical (unpaired) electrons. The largest absolute Gasteiger partial charge is 0.490 e. The molecule has 0 saturated carbocycles. The van der Waals surface area contributed by atoms with Gasteiger partial charge in [-0.15, -0.1) is 0 Å². The van der Waals surface area contributed by atoms with E-state index in [1.54, 1.807) is 0 Å². The molecule has 2 atom stereocenters. The maximum Gasteiger partial charge on any atom is 0.490 e. The summed E-state index contributed by atoms with van der Waals surface area (Å²) in [5.41, 5.74) is 2.49. The highest BCUT2D eigenvalue weighted by Gasteiger charge is 2.40. The van der Waals surface area contributed by atoms with Crippen molar-refractivity contribution in [1.29, 1.82) is 0 Å². The van der Waals surface area contributed by atoms with Crippen molar-refractivity contribution in [2.24, 2.45) is 11.8 Å². The number of ether oxygens (including phenoxy) is 2. The average molecular weight is 565 g/mol. The van der Waals surface area contributed by atoms with Crippen molar-refractivity contribution in [3.8, 4) is 11.5 Å². The third-order valence-corrected chi connectivity index (χ3v) is 6.08. The number of carboxylic acids is 2. The van der Waals surface area contributed by atoms with Crippen LogP contribution < -0.4 is 9.47 Å². The Morgan fingerprint density at radius 2 is 1.33 bits per heavy atom. The number of hydrogen-bond donors (Lipinski definition) is 2. The summed E-state index contributed by atoms with van der Waals surface area (Å²) in [6.45, 7) is 7.10. The zero-order chi connectivity index (χ0) is 28.8. The molecule has 0 spiro atoms. The molecule has 1 aromatic carbocycles. The van der Waals surface area contributed by atoms with E-state index in [-0.39, 0.29) is 0 Å². The summed E-state index contributed by atoms with van der Waals surface area (Å²) in [7, 11) is 0. The van der Waals surface area contributed by atoms with E-state index in [1.807, 2.05) is 18.3 Å². The fraction of sp³-hybridized carbons (Fsp3) is 0.458. The van der Waals surface area contributed by atoms with Crippen LogP contribution >= 0.6 is 0 Å². The first-order valence-electron chi connectivity index (χ1n) is 11.6. The Morgan fingerprint density at radius 1 is 0.821 bits per heavy atom. The van der Waals surface area contributed by atoms with Crippen LogP contribution in [0.4, 0.5) is 26.3 Å². The van der Waals surface area contributed by atoms with E-state index in [1.165, 1.54) is 37.4 Å². The van der Waals surface area contributed by atoms with Crippen molar-refractivity contribution in [1.82, 2.24) is 14.8 Å². The first-order chi connectivity index (χ1) is 18.2. The fourth-order valence-electron chi connectivity index (χ4n) is 4.46. The van der Waals surface area contributed by atoms with E-state index < -0.39 is 24.3 Å². The van der Waals surface area contributed by atoms with E-state index in [0.717, 1.165) is 36.4 Å². The van der Waals surface area contributed by atoms with E-state index in [2.05, 4.69) is 39.0 Å². The summed E-state index contributed by atoms with van der Waals surface area (Å²) in [5.74, 6) is -2.18. The molecule has 15 heteroatoms. The Balaban J connectivity index is 0.000000251. The molecule has 5 rings (SSSR count). The molecule has 214 valence electrons. The molecular weight excluding hydrogens is 540 g/mol. The highest BCUT2D eigenvalue weighted by Crippen LogP contribution is 2.35. The summed E-state index contributed by atoms with van der Waals surface area (Å²) >= 11 is 0. The second kappa shape index (κ2) is 12.5. The number of rotatable bonds is 4. The Labute approximate surface area is 218 Å². The zero-order valence-corrected chi connectivity index (χ0v) is 20.3. The SMILES string of the molecule is O=C(O)C(F)(F)F.O=C(O)C(F)(F)F.c1ccc(CN2C[C@H]3CN(Cc4ccc5c(c4)OCO5)C[C@H]3C2)nc1. The molecule has 9 nitrogen and oxygen atoms in total. The first kappa shape index (κ1) is 30.0. The fourth-order valence-corrected chi connectivity index (χ4v) is 4.46. The van der Waals surface area contributed by atoms with Crippen molar-refractivity contribution < 1.29 is 55.6 Å². The molecule has 2 fully saturated rings. The van der Waals surface area contributed by atoms with Crippen molar-refractivity contribution in [3.05, 3.63) is 53.9 Å². The molecule has 39 heavy (non-hydrogen) atoms. The van der Waals surface area contributed by atoms with Crippen LogP contribution in [0.25, 0.3) is 0 Å². The highest BCUT2D eigenvalue weighted by molar-refractivity contribution is 5.73. The number of likely N-dealkylation sites (tertiary alicyclic amines) is 2. The van der Waals surface area contributed by atoms with E-state index in [9.17, 15) is 26.3 Å². The van der Waals surface area contributed by atoms with Gasteiger partial charge in [-0.1, -0.05) is 12.1 Å². The quantitative estimate of drug-likeness (QED) is 0.537. The predicted molar refractivity (Wildman–Crippen MR) is 122 cm³/mol. The predicted octanol–water partition coefficient (Wildman–Crippen LogP) is 3.64. The number of aromatic nitrogens is 1. The third-order valence-electron chi connectivity index (χ3n) is 6.08. The summed E-state index contributed by atoms with van der Waals surface area (Å²) in [4.78, 5) is 27.4. The van der Waals surface area contributed by atoms with Crippen LogP contribution in [0.3, 0.4) is 0 Å². The normalized spacial score (nSPS) is 20.4. The molecule has 4 heterocycles. The number of halogens is 6. The number of carbonyl (C=O) groups is 2. The van der Waals surface area contributed by atoms with Gasteiger partial charge in [-0.05, 0) is 41.7 Å². The minimum absolute atomic E-state index is 0.346. The van der Waals surface area contributed by atoms with E-state index in [0.29, 0.717) is 6.79 Å². The molecule has 0 amide bonds. The highest BCUT2D eigenvalue weighted by atomic mass is 19.4. The third kappa shape index (κ3) is 8.99. The van der Waals surface area contributed by atoms with Gasteiger partial charge >= 0.3 is 24.3 Å². The van der Waals surface area contributed by atoms with Crippen molar-refractivity contribution in [2.75, 3.05) is 33.0 Å². The van der Waals surface area contributed by atoms with Gasteiger partial charge in [-0.2, -0.15) is 26.3 Å². The molecule has 3 aliphatic heterocycles. The Bertz CT molecular complexity index is 1090. The molecule has 2 saturated heterocycles. The van der Waals surface area contributed by atoms with E-state index in [4.69, 9.17) is 29.3 Å². The summed E-state index contributed by atoms with van der Waals surface area (Å²) in [5, 5.41) is 14.2. The second-order valence-electron chi connectivity index (χ2n) is 9.02. The van der Waals surface area contributed by atoms with Crippen LogP contribution in [0.2, 0.25) is 0 Å². The standard InChI is InChI=1S/C20H23N3O2.2C2HF3O2/c1-2-6-21-18(3-1)13-23-11-16-9-22(10-17(16)12-23)8-15-4-5-19-20(7-15)25-14-24-19;2*3-2(4,5)1(6)7/h1-7,16-17H,8-14H2;2*(H,6,7)/t16-,17+;;. The molecule has 0 bridgehead atoms. The van der Waals surface area contributed by atoms with Gasteiger partial charge in [0.15, 0.2) is 11.5 Å². The minimum atomic E-state index is -5.08. The molecular formula is C24H25F6N3O6. The molecule has 3 aliphatic rings. The number of nitrogens with zero attached hydrogens (tertiary/aromatic N) is 3.